The number of aromatic nitrogens is 2. The number of hydrogen-bond donors (Lipinski definition) is 1. The molecule has 4 rings (SSSR count). The van der Waals surface area contributed by atoms with Crippen molar-refractivity contribution in [3.05, 3.63) is 89.2 Å². The normalized spacial score (nSPS) is 10.7. The number of hydrogen-bond acceptors (Lipinski definition) is 4. The van der Waals surface area contributed by atoms with Crippen molar-refractivity contribution in [1.82, 2.24) is 9.78 Å². The summed E-state index contributed by atoms with van der Waals surface area (Å²) in [6, 6.07) is 24.0. The minimum atomic E-state index is -0.245. The van der Waals surface area contributed by atoms with E-state index in [0.29, 0.717) is 17.1 Å². The highest BCUT2D eigenvalue weighted by molar-refractivity contribution is 5.93. The first-order valence-corrected chi connectivity index (χ1v) is 9.15. The fraction of sp³-hybridized carbons (Fsp3) is 0.0870. The number of nitrogens with one attached hydrogen (secondary N) is 1. The Morgan fingerprint density at radius 3 is 2.52 bits per heavy atom. The van der Waals surface area contributed by atoms with Gasteiger partial charge in [-0.25, -0.2) is 4.68 Å². The summed E-state index contributed by atoms with van der Waals surface area (Å²) in [5, 5.41) is 9.07. The summed E-state index contributed by atoms with van der Waals surface area (Å²) >= 11 is 0. The zero-order valence-electron chi connectivity index (χ0n) is 15.8. The molecule has 0 aliphatic heterocycles. The third-order valence-corrected chi connectivity index (χ3v) is 4.53. The van der Waals surface area contributed by atoms with Crippen LogP contribution in [0.15, 0.2) is 83.7 Å². The fourth-order valence-electron chi connectivity index (χ4n) is 3.04. The average molecular weight is 385 g/mol. The molecule has 29 heavy (non-hydrogen) atoms. The van der Waals surface area contributed by atoms with Crippen LogP contribution < -0.4 is 15.6 Å². The molecule has 0 bridgehead atoms. The van der Waals surface area contributed by atoms with Crippen LogP contribution in [0.5, 0.6) is 5.75 Å². The van der Waals surface area contributed by atoms with Crippen LogP contribution >= 0.6 is 0 Å². The summed E-state index contributed by atoms with van der Waals surface area (Å²) in [4.78, 5) is 23.7. The number of ether oxygens (including phenoxy) is 1. The predicted octanol–water partition coefficient (Wildman–Crippen LogP) is 3.62. The number of benzene rings is 3. The second-order valence-corrected chi connectivity index (χ2v) is 6.57. The molecule has 0 atom stereocenters. The first-order valence-electron chi connectivity index (χ1n) is 9.15. The molecular formula is C23H19N3O3. The number of carbonyl (C=O) groups is 1. The summed E-state index contributed by atoms with van der Waals surface area (Å²) in [5.41, 5.74) is 2.03. The Balaban J connectivity index is 1.40. The fourth-order valence-corrected chi connectivity index (χ4v) is 3.04. The van der Waals surface area contributed by atoms with Crippen LogP contribution in [0.25, 0.3) is 22.0 Å². The molecule has 0 unspecified atom stereocenters. The van der Waals surface area contributed by atoms with E-state index in [1.165, 1.54) is 10.7 Å². The number of anilines is 1. The number of amides is 1. The van der Waals surface area contributed by atoms with Gasteiger partial charge in [-0.15, -0.1) is 0 Å². The largest absolute Gasteiger partial charge is 0.483 e. The Kier molecular flexibility index (Phi) is 5.07. The van der Waals surface area contributed by atoms with Crippen LogP contribution in [0.2, 0.25) is 0 Å². The van der Waals surface area contributed by atoms with Crippen LogP contribution in [0, 0.1) is 0 Å². The second kappa shape index (κ2) is 7.98. The SMILES string of the molecule is Cn1nc(-c2ccc(NC(=O)COc3cccc4ccccc34)cc2)ccc1=O. The molecule has 4 aromatic rings. The lowest BCUT2D eigenvalue weighted by molar-refractivity contribution is -0.118. The highest BCUT2D eigenvalue weighted by Gasteiger charge is 2.07. The van der Waals surface area contributed by atoms with Gasteiger partial charge in [0.2, 0.25) is 0 Å². The maximum atomic E-state index is 12.3. The third kappa shape index (κ3) is 4.16. The smallest absolute Gasteiger partial charge is 0.266 e. The summed E-state index contributed by atoms with van der Waals surface area (Å²) in [6.07, 6.45) is 0. The summed E-state index contributed by atoms with van der Waals surface area (Å²) in [6.45, 7) is -0.0852. The zero-order chi connectivity index (χ0) is 20.2. The van der Waals surface area contributed by atoms with Crippen molar-refractivity contribution < 1.29 is 9.53 Å². The molecule has 6 nitrogen and oxygen atoms in total. The molecular weight excluding hydrogens is 366 g/mol. The van der Waals surface area contributed by atoms with Crippen LogP contribution in [0.1, 0.15) is 0 Å². The van der Waals surface area contributed by atoms with Gasteiger partial charge in [-0.3, -0.25) is 9.59 Å². The number of aryl methyl sites for hydroxylation is 1. The Morgan fingerprint density at radius 2 is 1.72 bits per heavy atom. The van der Waals surface area contributed by atoms with Gasteiger partial charge in [0.25, 0.3) is 11.5 Å². The number of fused-ring (bicyclic) bond motifs is 1. The summed E-state index contributed by atoms with van der Waals surface area (Å²) < 4.78 is 7.00. The van der Waals surface area contributed by atoms with Crippen molar-refractivity contribution in [2.45, 2.75) is 0 Å². The van der Waals surface area contributed by atoms with Crippen molar-refractivity contribution in [3.8, 4) is 17.0 Å². The molecule has 0 aliphatic carbocycles. The molecule has 1 amide bonds. The van der Waals surface area contributed by atoms with E-state index in [9.17, 15) is 9.59 Å². The molecule has 0 saturated carbocycles. The van der Waals surface area contributed by atoms with Crippen molar-refractivity contribution >= 4 is 22.4 Å². The lowest BCUT2D eigenvalue weighted by atomic mass is 10.1. The Hall–Kier alpha value is -3.93. The standard InChI is InChI=1S/C23H19N3O3/c1-26-23(28)14-13-20(25-26)17-9-11-18(12-10-17)24-22(27)15-29-21-8-4-6-16-5-2-3-7-19(16)21/h2-14H,15H2,1H3,(H,24,27). The van der Waals surface area contributed by atoms with Gasteiger partial charge in [0.15, 0.2) is 6.61 Å². The molecule has 0 saturated heterocycles. The maximum absolute atomic E-state index is 12.3. The molecule has 144 valence electrons. The van der Waals surface area contributed by atoms with E-state index < -0.39 is 0 Å². The van der Waals surface area contributed by atoms with Gasteiger partial charge in [0.1, 0.15) is 5.75 Å². The van der Waals surface area contributed by atoms with Crippen molar-refractivity contribution in [1.29, 1.82) is 0 Å². The van der Waals surface area contributed by atoms with Gasteiger partial charge >= 0.3 is 0 Å². The second-order valence-electron chi connectivity index (χ2n) is 6.57. The molecule has 1 aromatic heterocycles. The van der Waals surface area contributed by atoms with E-state index in [1.54, 1.807) is 25.2 Å². The van der Waals surface area contributed by atoms with E-state index in [4.69, 9.17) is 4.74 Å². The maximum Gasteiger partial charge on any atom is 0.266 e. The van der Waals surface area contributed by atoms with E-state index in [0.717, 1.165) is 16.3 Å². The van der Waals surface area contributed by atoms with Crippen LogP contribution in [0.3, 0.4) is 0 Å². The van der Waals surface area contributed by atoms with Gasteiger partial charge < -0.3 is 10.1 Å². The summed E-state index contributed by atoms with van der Waals surface area (Å²) in [5.74, 6) is 0.431. The first-order chi connectivity index (χ1) is 14.1. The summed E-state index contributed by atoms with van der Waals surface area (Å²) in [7, 11) is 1.61. The minimum absolute atomic E-state index is 0.0852. The van der Waals surface area contributed by atoms with Crippen LogP contribution in [-0.2, 0) is 11.8 Å². The Labute approximate surface area is 167 Å². The predicted molar refractivity (Wildman–Crippen MR) is 113 cm³/mol. The highest BCUT2D eigenvalue weighted by Crippen LogP contribution is 2.25. The Bertz CT molecular complexity index is 1220. The van der Waals surface area contributed by atoms with Gasteiger partial charge in [-0.2, -0.15) is 5.10 Å². The number of nitrogens with zero attached hydrogens (tertiary/aromatic N) is 2. The Morgan fingerprint density at radius 1 is 0.966 bits per heavy atom. The highest BCUT2D eigenvalue weighted by atomic mass is 16.5. The van der Waals surface area contributed by atoms with Gasteiger partial charge in [-0.05, 0) is 29.7 Å². The van der Waals surface area contributed by atoms with Gasteiger partial charge in [-0.1, -0.05) is 48.5 Å². The van der Waals surface area contributed by atoms with Gasteiger partial charge in [0, 0.05) is 29.8 Å². The average Bonchev–Trinajstić information content (AvgIpc) is 2.75. The molecule has 3 aromatic carbocycles. The van der Waals surface area contributed by atoms with E-state index >= 15 is 0 Å². The van der Waals surface area contributed by atoms with E-state index in [2.05, 4.69) is 10.4 Å². The van der Waals surface area contributed by atoms with Crippen LogP contribution in [-0.4, -0.2) is 22.3 Å². The topological polar surface area (TPSA) is 73.2 Å². The molecule has 6 heteroatoms. The van der Waals surface area contributed by atoms with Crippen molar-refractivity contribution in [2.75, 3.05) is 11.9 Å². The minimum Gasteiger partial charge on any atom is -0.483 e. The molecule has 1 heterocycles. The molecule has 1 N–H and O–H groups in total. The van der Waals surface area contributed by atoms with Gasteiger partial charge in [0.05, 0.1) is 5.69 Å². The molecule has 0 aliphatic rings. The first kappa shape index (κ1) is 18.4. The molecule has 0 fully saturated rings. The van der Waals surface area contributed by atoms with Crippen molar-refractivity contribution in [2.24, 2.45) is 7.05 Å². The van der Waals surface area contributed by atoms with E-state index in [1.807, 2.05) is 54.6 Å². The molecule has 0 spiro atoms. The number of carbonyl (C=O) groups excluding carboxylic acids is 1. The van der Waals surface area contributed by atoms with Crippen LogP contribution in [0.4, 0.5) is 5.69 Å². The monoisotopic (exact) mass is 385 g/mol. The zero-order valence-corrected chi connectivity index (χ0v) is 15.8. The lowest BCUT2D eigenvalue weighted by Crippen LogP contribution is -2.20. The number of rotatable bonds is 5. The van der Waals surface area contributed by atoms with E-state index in [-0.39, 0.29) is 18.1 Å². The van der Waals surface area contributed by atoms with Crippen molar-refractivity contribution in [3.63, 3.8) is 0 Å². The molecule has 0 radical (unpaired) electrons. The quantitative estimate of drug-likeness (QED) is 0.570. The lowest BCUT2D eigenvalue weighted by Gasteiger charge is -2.10. The third-order valence-electron chi connectivity index (χ3n) is 4.53.